The van der Waals surface area contributed by atoms with Gasteiger partial charge in [0.05, 0.1) is 11.1 Å². The molecule has 0 fully saturated rings. The second kappa shape index (κ2) is 18.4. The molecule has 0 aromatic heterocycles. The Morgan fingerprint density at radius 1 is 0.667 bits per heavy atom. The van der Waals surface area contributed by atoms with Gasteiger partial charge in [-0.05, 0) is 56.4 Å². The van der Waals surface area contributed by atoms with Crippen LogP contribution in [0.2, 0.25) is 0 Å². The Kier molecular flexibility index (Phi) is 16.8. The summed E-state index contributed by atoms with van der Waals surface area (Å²) in [5, 5.41) is 25.4. The summed E-state index contributed by atoms with van der Waals surface area (Å²) in [4.78, 5) is 31.0. The van der Waals surface area contributed by atoms with E-state index in [1.165, 1.54) is 75.6 Å². The number of unbranched alkanes of at least 4 members (excludes halogenated alkanes) is 9. The fraction of sp³-hybridized carbons (Fsp3) is 0.542. The minimum Gasteiger partial charge on any atom is -0.481 e. The van der Waals surface area contributed by atoms with Gasteiger partial charge in [0, 0.05) is 6.42 Å². The Hall–Kier alpha value is -2.63. The van der Waals surface area contributed by atoms with Crippen molar-refractivity contribution in [2.24, 2.45) is 0 Å². The highest BCUT2D eigenvalue weighted by Gasteiger charge is 2.04. The van der Waals surface area contributed by atoms with E-state index >= 15 is 0 Å². The van der Waals surface area contributed by atoms with Crippen molar-refractivity contribution >= 4 is 17.9 Å². The SMILES string of the molecule is CCCCCCCCC/C=C\CCCCC(=O)O.O=C(O)c1ccc(C(=O)O)cc1. The van der Waals surface area contributed by atoms with Gasteiger partial charge in [0.2, 0.25) is 0 Å². The van der Waals surface area contributed by atoms with Crippen molar-refractivity contribution in [3.63, 3.8) is 0 Å². The van der Waals surface area contributed by atoms with Gasteiger partial charge in [0.1, 0.15) is 0 Å². The highest BCUT2D eigenvalue weighted by Crippen LogP contribution is 2.09. The largest absolute Gasteiger partial charge is 0.481 e. The standard InChI is InChI=1S/C16H30O2.C8H6O4/c1-2-3-4-5-6-7-8-9-10-11-12-13-14-15-16(17)18;9-7(10)5-1-2-6(4-3-5)8(11)12/h10-11H,2-9,12-15H2,1H3,(H,17,18);1-4H,(H,9,10)(H,11,12)/b11-10-;. The van der Waals surface area contributed by atoms with E-state index in [4.69, 9.17) is 15.3 Å². The summed E-state index contributed by atoms with van der Waals surface area (Å²) < 4.78 is 0. The first kappa shape index (κ1) is 27.4. The second-order valence-corrected chi connectivity index (χ2v) is 7.21. The summed E-state index contributed by atoms with van der Waals surface area (Å²) in [5.41, 5.74) is 0.167. The Balaban J connectivity index is 0.000000604. The van der Waals surface area contributed by atoms with E-state index in [9.17, 15) is 14.4 Å². The van der Waals surface area contributed by atoms with Gasteiger partial charge >= 0.3 is 17.9 Å². The van der Waals surface area contributed by atoms with E-state index in [1.54, 1.807) is 0 Å². The van der Waals surface area contributed by atoms with Gasteiger partial charge in [-0.1, -0.05) is 57.6 Å². The summed E-state index contributed by atoms with van der Waals surface area (Å²) in [6, 6.07) is 5.02. The van der Waals surface area contributed by atoms with E-state index in [2.05, 4.69) is 19.1 Å². The van der Waals surface area contributed by atoms with E-state index in [0.29, 0.717) is 6.42 Å². The number of hydrogen-bond donors (Lipinski definition) is 3. The molecule has 0 saturated heterocycles. The number of rotatable bonds is 15. The molecule has 0 radical (unpaired) electrons. The second-order valence-electron chi connectivity index (χ2n) is 7.21. The van der Waals surface area contributed by atoms with Gasteiger partial charge in [0.25, 0.3) is 0 Å². The molecule has 1 rings (SSSR count). The van der Waals surface area contributed by atoms with Gasteiger partial charge < -0.3 is 15.3 Å². The molecule has 30 heavy (non-hydrogen) atoms. The van der Waals surface area contributed by atoms with Crippen molar-refractivity contribution in [3.05, 3.63) is 47.5 Å². The molecule has 0 bridgehead atoms. The van der Waals surface area contributed by atoms with Gasteiger partial charge in [-0.25, -0.2) is 9.59 Å². The lowest BCUT2D eigenvalue weighted by Gasteiger charge is -1.99. The first-order valence-corrected chi connectivity index (χ1v) is 10.8. The van der Waals surface area contributed by atoms with Crippen LogP contribution in [-0.4, -0.2) is 33.2 Å². The smallest absolute Gasteiger partial charge is 0.335 e. The van der Waals surface area contributed by atoms with Gasteiger partial charge in [-0.3, -0.25) is 4.79 Å². The van der Waals surface area contributed by atoms with Crippen molar-refractivity contribution in [3.8, 4) is 0 Å². The molecule has 0 atom stereocenters. The molecule has 1 aromatic carbocycles. The monoisotopic (exact) mass is 420 g/mol. The number of aliphatic carboxylic acids is 1. The third kappa shape index (κ3) is 16.3. The molecule has 0 aliphatic carbocycles. The van der Waals surface area contributed by atoms with E-state index in [1.807, 2.05) is 0 Å². The maximum absolute atomic E-state index is 10.3. The Morgan fingerprint density at radius 2 is 1.07 bits per heavy atom. The quantitative estimate of drug-likeness (QED) is 0.223. The fourth-order valence-electron chi connectivity index (χ4n) is 2.75. The predicted octanol–water partition coefficient (Wildman–Crippen LogP) is 6.41. The van der Waals surface area contributed by atoms with Crippen LogP contribution in [0.15, 0.2) is 36.4 Å². The van der Waals surface area contributed by atoms with Crippen LogP contribution in [0.4, 0.5) is 0 Å². The molecule has 6 nitrogen and oxygen atoms in total. The lowest BCUT2D eigenvalue weighted by Crippen LogP contribution is -1.99. The van der Waals surface area contributed by atoms with Crippen LogP contribution in [0, 0.1) is 0 Å². The lowest BCUT2D eigenvalue weighted by molar-refractivity contribution is -0.137. The molecule has 0 spiro atoms. The Labute approximate surface area is 179 Å². The van der Waals surface area contributed by atoms with Crippen LogP contribution in [0.3, 0.4) is 0 Å². The van der Waals surface area contributed by atoms with Crippen LogP contribution in [0.25, 0.3) is 0 Å². The zero-order chi connectivity index (χ0) is 22.6. The minimum absolute atomic E-state index is 0.0833. The van der Waals surface area contributed by atoms with Crippen LogP contribution in [-0.2, 0) is 4.79 Å². The van der Waals surface area contributed by atoms with Crippen LogP contribution >= 0.6 is 0 Å². The van der Waals surface area contributed by atoms with Gasteiger partial charge in [0.15, 0.2) is 0 Å². The van der Waals surface area contributed by atoms with E-state index < -0.39 is 17.9 Å². The topological polar surface area (TPSA) is 112 Å². The average molecular weight is 421 g/mol. The van der Waals surface area contributed by atoms with Crippen molar-refractivity contribution in [2.45, 2.75) is 84.0 Å². The summed E-state index contributed by atoms with van der Waals surface area (Å²) in [5.74, 6) is -2.80. The van der Waals surface area contributed by atoms with Crippen LogP contribution < -0.4 is 0 Å². The summed E-state index contributed by atoms with van der Waals surface area (Å²) in [7, 11) is 0. The average Bonchev–Trinajstić information content (AvgIpc) is 2.71. The number of carbonyl (C=O) groups is 3. The molecule has 0 saturated carbocycles. The predicted molar refractivity (Wildman–Crippen MR) is 118 cm³/mol. The Morgan fingerprint density at radius 3 is 1.47 bits per heavy atom. The van der Waals surface area contributed by atoms with Crippen LogP contribution in [0.1, 0.15) is 105 Å². The van der Waals surface area contributed by atoms with Crippen molar-refractivity contribution in [1.29, 1.82) is 0 Å². The fourth-order valence-corrected chi connectivity index (χ4v) is 2.75. The molecule has 1 aromatic rings. The molecule has 3 N–H and O–H groups in total. The third-order valence-electron chi connectivity index (χ3n) is 4.53. The number of benzene rings is 1. The van der Waals surface area contributed by atoms with E-state index in [-0.39, 0.29) is 11.1 Å². The molecular weight excluding hydrogens is 384 g/mol. The van der Waals surface area contributed by atoms with Crippen molar-refractivity contribution < 1.29 is 29.7 Å². The number of aromatic carboxylic acids is 2. The summed E-state index contributed by atoms with van der Waals surface area (Å²) in [6.45, 7) is 2.25. The molecule has 0 heterocycles. The summed E-state index contributed by atoms with van der Waals surface area (Å²) >= 11 is 0. The molecular formula is C24H36O6. The highest BCUT2D eigenvalue weighted by molar-refractivity contribution is 5.91. The zero-order valence-corrected chi connectivity index (χ0v) is 18.0. The van der Waals surface area contributed by atoms with Crippen molar-refractivity contribution in [2.75, 3.05) is 0 Å². The number of hydrogen-bond acceptors (Lipinski definition) is 3. The first-order chi connectivity index (χ1) is 14.4. The highest BCUT2D eigenvalue weighted by atomic mass is 16.4. The third-order valence-corrected chi connectivity index (χ3v) is 4.53. The maximum atomic E-state index is 10.3. The Bertz CT molecular complexity index is 601. The zero-order valence-electron chi connectivity index (χ0n) is 18.0. The molecule has 0 amide bonds. The molecule has 168 valence electrons. The first-order valence-electron chi connectivity index (χ1n) is 10.8. The van der Waals surface area contributed by atoms with E-state index in [0.717, 1.165) is 19.3 Å². The maximum Gasteiger partial charge on any atom is 0.335 e. The number of allylic oxidation sites excluding steroid dienone is 2. The van der Waals surface area contributed by atoms with Gasteiger partial charge in [-0.15, -0.1) is 0 Å². The molecule has 0 aliphatic rings. The number of carboxylic acid groups (broad SMARTS) is 3. The molecule has 6 heteroatoms. The molecule has 0 unspecified atom stereocenters. The normalized spacial score (nSPS) is 10.4. The van der Waals surface area contributed by atoms with Crippen molar-refractivity contribution in [1.82, 2.24) is 0 Å². The number of carboxylic acids is 3. The van der Waals surface area contributed by atoms with Gasteiger partial charge in [-0.2, -0.15) is 0 Å². The van der Waals surface area contributed by atoms with Crippen LogP contribution in [0.5, 0.6) is 0 Å². The molecule has 0 aliphatic heterocycles. The minimum atomic E-state index is -1.06. The summed E-state index contributed by atoms with van der Waals surface area (Å²) in [6.07, 6.45) is 18.3. The lowest BCUT2D eigenvalue weighted by atomic mass is 10.1.